The van der Waals surface area contributed by atoms with Gasteiger partial charge in [-0.25, -0.2) is 23.1 Å². The summed E-state index contributed by atoms with van der Waals surface area (Å²) >= 11 is 5.88. The Hall–Kier alpha value is -3.09. The van der Waals surface area contributed by atoms with E-state index in [1.54, 1.807) is 0 Å². The lowest BCUT2D eigenvalue weighted by Gasteiger charge is -2.36. The van der Waals surface area contributed by atoms with Crippen LogP contribution in [-0.2, 0) is 10.3 Å². The topological polar surface area (TPSA) is 102 Å². The largest absolute Gasteiger partial charge is 0.452 e. The predicted molar refractivity (Wildman–Crippen MR) is 101 cm³/mol. The summed E-state index contributed by atoms with van der Waals surface area (Å²) in [5.74, 6) is -1.96. The molecule has 1 aromatic heterocycles. The van der Waals surface area contributed by atoms with Crippen molar-refractivity contribution in [2.45, 2.75) is 37.6 Å². The second-order valence-corrected chi connectivity index (χ2v) is 7.38. The molecular formula is C18H14ClF6N5O2. The zero-order valence-electron chi connectivity index (χ0n) is 16.1. The molecule has 172 valence electrons. The number of ether oxygens (including phenoxy) is 1. The summed E-state index contributed by atoms with van der Waals surface area (Å²) in [5, 5.41) is 1.80. The van der Waals surface area contributed by atoms with Gasteiger partial charge in [0.15, 0.2) is 6.10 Å². The number of nitrogens with two attached hydrogens (primary N) is 1. The van der Waals surface area contributed by atoms with E-state index in [1.165, 1.54) is 6.92 Å². The lowest BCUT2D eigenvalue weighted by molar-refractivity contribution is -0.208. The molecule has 14 heteroatoms. The number of amidine groups is 1. The highest BCUT2D eigenvalue weighted by molar-refractivity contribution is 6.31. The number of aromatic nitrogens is 2. The van der Waals surface area contributed by atoms with Crippen LogP contribution >= 0.6 is 11.6 Å². The molecule has 0 spiro atoms. The Balaban J connectivity index is 1.94. The fraction of sp³-hybridized carbons (Fsp3) is 0.333. The van der Waals surface area contributed by atoms with Gasteiger partial charge in [0, 0.05) is 17.7 Å². The summed E-state index contributed by atoms with van der Waals surface area (Å²) < 4.78 is 84.0. The number of alkyl halides is 5. The first kappa shape index (κ1) is 23.6. The number of halogens is 7. The molecule has 32 heavy (non-hydrogen) atoms. The smallest absolute Gasteiger partial charge is 0.425 e. The Morgan fingerprint density at radius 2 is 2.00 bits per heavy atom. The van der Waals surface area contributed by atoms with Crippen molar-refractivity contribution in [3.63, 3.8) is 0 Å². The van der Waals surface area contributed by atoms with Crippen LogP contribution in [-0.4, -0.2) is 34.2 Å². The third-order valence-electron chi connectivity index (χ3n) is 4.56. The minimum Gasteiger partial charge on any atom is -0.452 e. The van der Waals surface area contributed by atoms with Crippen LogP contribution in [0.15, 0.2) is 29.5 Å². The van der Waals surface area contributed by atoms with E-state index >= 15 is 0 Å². The molecule has 3 N–H and O–H groups in total. The van der Waals surface area contributed by atoms with Crippen molar-refractivity contribution >= 4 is 29.2 Å². The number of benzene rings is 1. The Labute approximate surface area is 181 Å². The van der Waals surface area contributed by atoms with Gasteiger partial charge < -0.3 is 15.8 Å². The van der Waals surface area contributed by atoms with Crippen LogP contribution in [0.1, 0.15) is 41.5 Å². The number of carbonyl (C=O) groups excluding carboxylic acids is 1. The number of anilines is 1. The lowest BCUT2D eigenvalue weighted by atomic mass is 9.85. The van der Waals surface area contributed by atoms with E-state index in [9.17, 15) is 31.1 Å². The Kier molecular flexibility index (Phi) is 6.22. The predicted octanol–water partition coefficient (Wildman–Crippen LogP) is 4.34. The molecule has 0 radical (unpaired) electrons. The molecule has 2 unspecified atom stereocenters. The zero-order chi connectivity index (χ0) is 23.8. The normalized spacial score (nSPS) is 21.2. The summed E-state index contributed by atoms with van der Waals surface area (Å²) in [6.45, 7) is 1.20. The van der Waals surface area contributed by atoms with E-state index in [1.807, 2.05) is 0 Å². The SMILES string of the molecule is CC1(c2cc(NC(=O)c3cnc(C(F)F)cn3)cc(Cl)c2F)CC(C(F)(F)F)OC(N)=N1. The second kappa shape index (κ2) is 8.45. The summed E-state index contributed by atoms with van der Waals surface area (Å²) in [6.07, 6.45) is -9.31. The van der Waals surface area contributed by atoms with Crippen molar-refractivity contribution in [2.75, 3.05) is 5.32 Å². The summed E-state index contributed by atoms with van der Waals surface area (Å²) in [4.78, 5) is 23.1. The lowest BCUT2D eigenvalue weighted by Crippen LogP contribution is -2.46. The van der Waals surface area contributed by atoms with Gasteiger partial charge in [-0.15, -0.1) is 0 Å². The van der Waals surface area contributed by atoms with E-state index in [-0.39, 0.29) is 16.9 Å². The van der Waals surface area contributed by atoms with Gasteiger partial charge in [0.1, 0.15) is 17.2 Å². The molecule has 0 bridgehead atoms. The van der Waals surface area contributed by atoms with Crippen molar-refractivity contribution in [3.8, 4) is 0 Å². The average molecular weight is 482 g/mol. The first-order valence-corrected chi connectivity index (χ1v) is 9.17. The Bertz CT molecular complexity index is 1060. The third kappa shape index (κ3) is 4.87. The second-order valence-electron chi connectivity index (χ2n) is 6.98. The third-order valence-corrected chi connectivity index (χ3v) is 4.84. The molecule has 2 aromatic rings. The molecule has 1 amide bonds. The molecule has 0 saturated heterocycles. The highest BCUT2D eigenvalue weighted by Crippen LogP contribution is 2.42. The minimum atomic E-state index is -4.79. The molecular weight excluding hydrogens is 468 g/mol. The first-order chi connectivity index (χ1) is 14.8. The van der Waals surface area contributed by atoms with E-state index in [0.717, 1.165) is 18.3 Å². The van der Waals surface area contributed by atoms with Crippen LogP contribution in [0.2, 0.25) is 5.02 Å². The zero-order valence-corrected chi connectivity index (χ0v) is 16.8. The van der Waals surface area contributed by atoms with Crippen LogP contribution in [0.5, 0.6) is 0 Å². The number of nitrogens with zero attached hydrogens (tertiary/aromatic N) is 3. The van der Waals surface area contributed by atoms with Gasteiger partial charge in [-0.1, -0.05) is 11.6 Å². The molecule has 2 heterocycles. The monoisotopic (exact) mass is 481 g/mol. The Morgan fingerprint density at radius 1 is 1.31 bits per heavy atom. The standard InChI is InChI=1S/C18H14ClF6N5O2/c1-17(4-12(18(23,24)25)32-16(26)30-17)8-2-7(3-9(19)13(8)20)29-15(31)11-6-27-10(5-28-11)14(21)22/h2-3,5-6,12,14H,4H2,1H3,(H2,26,30)(H,29,31). The van der Waals surface area contributed by atoms with Crippen molar-refractivity contribution in [2.24, 2.45) is 10.7 Å². The summed E-state index contributed by atoms with van der Waals surface area (Å²) in [6, 6.07) is 1.26. The van der Waals surface area contributed by atoms with Gasteiger partial charge >= 0.3 is 6.18 Å². The molecule has 0 aliphatic carbocycles. The summed E-state index contributed by atoms with van der Waals surface area (Å²) in [5.41, 5.74) is 2.09. The quantitative estimate of drug-likeness (QED) is 0.632. The fourth-order valence-corrected chi connectivity index (χ4v) is 3.25. The first-order valence-electron chi connectivity index (χ1n) is 8.80. The number of amides is 1. The molecule has 1 aliphatic heterocycles. The van der Waals surface area contributed by atoms with Gasteiger partial charge in [0.25, 0.3) is 18.4 Å². The maximum atomic E-state index is 14.8. The van der Waals surface area contributed by atoms with Crippen LogP contribution in [0, 0.1) is 5.82 Å². The van der Waals surface area contributed by atoms with Gasteiger partial charge in [-0.05, 0) is 19.1 Å². The van der Waals surface area contributed by atoms with Gasteiger partial charge in [0.05, 0.1) is 23.0 Å². The van der Waals surface area contributed by atoms with Gasteiger partial charge in [-0.2, -0.15) is 13.2 Å². The minimum absolute atomic E-state index is 0.110. The highest BCUT2D eigenvalue weighted by Gasteiger charge is 2.50. The fourth-order valence-electron chi connectivity index (χ4n) is 3.03. The highest BCUT2D eigenvalue weighted by atomic mass is 35.5. The van der Waals surface area contributed by atoms with E-state index in [2.05, 4.69) is 25.0 Å². The molecule has 7 nitrogen and oxygen atoms in total. The van der Waals surface area contributed by atoms with Crippen LogP contribution in [0.4, 0.5) is 32.0 Å². The van der Waals surface area contributed by atoms with E-state index in [0.29, 0.717) is 6.20 Å². The molecule has 1 aromatic carbocycles. The van der Waals surface area contributed by atoms with Crippen LogP contribution < -0.4 is 11.1 Å². The van der Waals surface area contributed by atoms with Crippen molar-refractivity contribution in [1.29, 1.82) is 0 Å². The van der Waals surface area contributed by atoms with Crippen LogP contribution in [0.3, 0.4) is 0 Å². The number of hydrogen-bond acceptors (Lipinski definition) is 6. The van der Waals surface area contributed by atoms with Crippen LogP contribution in [0.25, 0.3) is 0 Å². The number of hydrogen-bond donors (Lipinski definition) is 2. The van der Waals surface area contributed by atoms with Crippen molar-refractivity contribution < 1.29 is 35.9 Å². The number of rotatable bonds is 4. The summed E-state index contributed by atoms with van der Waals surface area (Å²) in [7, 11) is 0. The molecule has 0 fully saturated rings. The van der Waals surface area contributed by atoms with Crippen molar-refractivity contribution in [3.05, 3.63) is 52.3 Å². The molecule has 1 aliphatic rings. The number of nitrogens with one attached hydrogen (secondary N) is 1. The number of carbonyl (C=O) groups is 1. The number of aliphatic imine (C=N–C) groups is 1. The molecule has 3 rings (SSSR count). The maximum absolute atomic E-state index is 14.8. The average Bonchev–Trinajstić information content (AvgIpc) is 2.69. The van der Waals surface area contributed by atoms with E-state index in [4.69, 9.17) is 17.3 Å². The van der Waals surface area contributed by atoms with Crippen molar-refractivity contribution in [1.82, 2.24) is 9.97 Å². The maximum Gasteiger partial charge on any atom is 0.425 e. The van der Waals surface area contributed by atoms with E-state index < -0.39 is 59.1 Å². The van der Waals surface area contributed by atoms with Gasteiger partial charge in [-0.3, -0.25) is 9.78 Å². The molecule has 0 saturated carbocycles. The Morgan fingerprint density at radius 3 is 2.56 bits per heavy atom. The van der Waals surface area contributed by atoms with Gasteiger partial charge in [0.2, 0.25) is 0 Å². The molecule has 2 atom stereocenters.